The number of fused-ring (bicyclic) bond motifs is 1. The van der Waals surface area contributed by atoms with Gasteiger partial charge >= 0.3 is 12.1 Å². The van der Waals surface area contributed by atoms with Crippen LogP contribution in [-0.2, 0) is 15.8 Å². The number of carboxylic acid groups (broad SMARTS) is 1. The average Bonchev–Trinajstić information content (AvgIpc) is 2.86. The molecule has 1 aromatic carbocycles. The Kier molecular flexibility index (Phi) is 5.97. The van der Waals surface area contributed by atoms with Crippen LogP contribution in [0.3, 0.4) is 0 Å². The maximum atomic E-state index is 12.8. The lowest BCUT2D eigenvalue weighted by Crippen LogP contribution is -2.31. The number of carbonyl (C=O) groups is 1. The van der Waals surface area contributed by atoms with E-state index in [-0.39, 0.29) is 23.8 Å². The largest absolute Gasteiger partial charge is 0.479 e. The van der Waals surface area contributed by atoms with Gasteiger partial charge in [-0.1, -0.05) is 12.1 Å². The molecule has 1 aromatic rings. The van der Waals surface area contributed by atoms with E-state index in [2.05, 4.69) is 5.48 Å². The van der Waals surface area contributed by atoms with Crippen molar-refractivity contribution in [1.29, 1.82) is 0 Å². The van der Waals surface area contributed by atoms with Gasteiger partial charge in [-0.3, -0.25) is 10.3 Å². The predicted octanol–water partition coefficient (Wildman–Crippen LogP) is 2.78. The molecule has 1 saturated carbocycles. The number of aliphatic hydroxyl groups is 2. The molecule has 0 aliphatic heterocycles. The molecule has 4 N–H and O–H groups in total. The summed E-state index contributed by atoms with van der Waals surface area (Å²) in [6.07, 6.45) is -4.35. The van der Waals surface area contributed by atoms with E-state index in [0.717, 1.165) is 23.4 Å². The van der Waals surface area contributed by atoms with Crippen molar-refractivity contribution in [3.05, 3.63) is 46.7 Å². The van der Waals surface area contributed by atoms with E-state index in [1.54, 1.807) is 0 Å². The van der Waals surface area contributed by atoms with Crippen molar-refractivity contribution in [3.8, 4) is 0 Å². The quantitative estimate of drug-likeness (QED) is 0.500. The van der Waals surface area contributed by atoms with Crippen molar-refractivity contribution in [2.24, 2.45) is 11.8 Å². The molecule has 3 rings (SSSR count). The summed E-state index contributed by atoms with van der Waals surface area (Å²) in [6.45, 7) is -0.476. The van der Waals surface area contributed by atoms with Gasteiger partial charge in [0.1, 0.15) is 0 Å². The molecule has 0 radical (unpaired) electrons. The predicted molar refractivity (Wildman–Crippen MR) is 91.6 cm³/mol. The topological polar surface area (TPSA) is 99.0 Å². The Morgan fingerprint density at radius 3 is 2.75 bits per heavy atom. The van der Waals surface area contributed by atoms with Gasteiger partial charge in [-0.25, -0.2) is 4.79 Å². The van der Waals surface area contributed by atoms with Gasteiger partial charge in [0.15, 0.2) is 6.61 Å². The second kappa shape index (κ2) is 8.10. The highest BCUT2D eigenvalue weighted by Gasteiger charge is 2.45. The third-order valence-electron chi connectivity index (χ3n) is 5.46. The average molecular weight is 401 g/mol. The molecule has 2 aliphatic rings. The van der Waals surface area contributed by atoms with Crippen LogP contribution in [0, 0.1) is 11.8 Å². The molecule has 0 bridgehead atoms. The van der Waals surface area contributed by atoms with Crippen LogP contribution in [0.1, 0.15) is 42.9 Å². The monoisotopic (exact) mass is 401 g/mol. The first-order valence-electron chi connectivity index (χ1n) is 9.01. The number of allylic oxidation sites excluding steroid dienone is 1. The van der Waals surface area contributed by atoms with Crippen LogP contribution in [-0.4, -0.2) is 34.0 Å². The van der Waals surface area contributed by atoms with Crippen molar-refractivity contribution in [3.63, 3.8) is 0 Å². The second-order valence-electron chi connectivity index (χ2n) is 7.25. The number of carboxylic acids is 1. The molecule has 28 heavy (non-hydrogen) atoms. The Labute approximate surface area is 159 Å². The van der Waals surface area contributed by atoms with Crippen LogP contribution in [0.25, 0.3) is 0 Å². The van der Waals surface area contributed by atoms with E-state index in [0.29, 0.717) is 19.3 Å². The van der Waals surface area contributed by atoms with Crippen LogP contribution in [0.5, 0.6) is 0 Å². The highest BCUT2D eigenvalue weighted by Crippen LogP contribution is 2.51. The summed E-state index contributed by atoms with van der Waals surface area (Å²) in [4.78, 5) is 15.3. The molecule has 154 valence electrons. The minimum atomic E-state index is -4.46. The number of hydrogen-bond donors (Lipinski definition) is 4. The first-order chi connectivity index (χ1) is 13.2. The first-order valence-corrected chi connectivity index (χ1v) is 9.01. The van der Waals surface area contributed by atoms with Gasteiger partial charge in [0.05, 0.1) is 17.8 Å². The minimum Gasteiger partial charge on any atom is -0.479 e. The number of rotatable bonds is 8. The number of halogens is 3. The minimum absolute atomic E-state index is 0.0968. The molecule has 4 unspecified atom stereocenters. The number of benzene rings is 1. The summed E-state index contributed by atoms with van der Waals surface area (Å²) >= 11 is 0. The molecule has 2 aliphatic carbocycles. The molecule has 0 heterocycles. The van der Waals surface area contributed by atoms with Crippen molar-refractivity contribution in [2.45, 2.75) is 44.1 Å². The summed E-state index contributed by atoms with van der Waals surface area (Å²) in [7, 11) is 0. The molecule has 0 aromatic heterocycles. The van der Waals surface area contributed by atoms with Gasteiger partial charge in [0.2, 0.25) is 0 Å². The summed E-state index contributed by atoms with van der Waals surface area (Å²) in [5.41, 5.74) is 3.76. The van der Waals surface area contributed by atoms with E-state index < -0.39 is 36.5 Å². The fourth-order valence-corrected chi connectivity index (χ4v) is 4.02. The normalized spacial score (nSPS) is 25.2. The third-order valence-corrected chi connectivity index (χ3v) is 5.46. The maximum Gasteiger partial charge on any atom is 0.416 e. The van der Waals surface area contributed by atoms with E-state index in [9.17, 15) is 28.2 Å². The maximum absolute atomic E-state index is 12.8. The molecule has 0 spiro atoms. The van der Waals surface area contributed by atoms with Crippen molar-refractivity contribution >= 4 is 5.97 Å². The fraction of sp³-hybridized carbons (Fsp3) is 0.526. The Morgan fingerprint density at radius 1 is 1.32 bits per heavy atom. The fourth-order valence-electron chi connectivity index (χ4n) is 4.02. The molecule has 4 atom stereocenters. The van der Waals surface area contributed by atoms with E-state index >= 15 is 0 Å². The SMILES string of the molecule is O=C(O)CONC1=C2CC(O)C(CCC(O)c3cccc(C(F)(F)F)c3)C2C1. The zero-order valence-corrected chi connectivity index (χ0v) is 14.9. The zero-order chi connectivity index (χ0) is 20.5. The van der Waals surface area contributed by atoms with E-state index in [1.165, 1.54) is 12.1 Å². The highest BCUT2D eigenvalue weighted by atomic mass is 19.4. The lowest BCUT2D eigenvalue weighted by Gasteiger charge is -2.32. The van der Waals surface area contributed by atoms with Gasteiger partial charge in [0, 0.05) is 5.70 Å². The number of nitrogens with one attached hydrogen (secondary N) is 1. The van der Waals surface area contributed by atoms with Crippen LogP contribution in [0.2, 0.25) is 0 Å². The van der Waals surface area contributed by atoms with Gasteiger partial charge in [-0.15, -0.1) is 0 Å². The van der Waals surface area contributed by atoms with Crippen LogP contribution < -0.4 is 5.48 Å². The zero-order valence-electron chi connectivity index (χ0n) is 14.9. The molecule has 1 fully saturated rings. The Morgan fingerprint density at radius 2 is 2.07 bits per heavy atom. The lowest BCUT2D eigenvalue weighted by atomic mass is 9.77. The Balaban J connectivity index is 1.56. The van der Waals surface area contributed by atoms with Gasteiger partial charge < -0.3 is 15.3 Å². The molecule has 0 amide bonds. The van der Waals surface area contributed by atoms with Crippen LogP contribution in [0.4, 0.5) is 13.2 Å². The van der Waals surface area contributed by atoms with Crippen molar-refractivity contribution in [1.82, 2.24) is 5.48 Å². The standard InChI is InChI=1S/C19H22F3NO5/c20-19(21,22)11-3-1-2-10(6-11)16(24)5-4-12-13-7-15(14(13)8-17(12)25)23-28-9-18(26)27/h1-3,6,12-13,16-17,23-25H,4-5,7-9H2,(H,26,27). The molecule has 9 heteroatoms. The summed E-state index contributed by atoms with van der Waals surface area (Å²) in [6, 6.07) is 4.64. The molecule has 6 nitrogen and oxygen atoms in total. The number of hydroxylamine groups is 1. The van der Waals surface area contributed by atoms with Gasteiger partial charge in [0.25, 0.3) is 0 Å². The summed E-state index contributed by atoms with van der Waals surface area (Å²) in [5, 5.41) is 29.2. The summed E-state index contributed by atoms with van der Waals surface area (Å²) in [5.74, 6) is -1.08. The van der Waals surface area contributed by atoms with E-state index in [1.807, 2.05) is 0 Å². The summed E-state index contributed by atoms with van der Waals surface area (Å²) < 4.78 is 38.5. The van der Waals surface area contributed by atoms with Crippen molar-refractivity contribution < 1.29 is 38.1 Å². The molecular formula is C19H22F3NO5. The number of aliphatic hydroxyl groups excluding tert-OH is 2. The van der Waals surface area contributed by atoms with Gasteiger partial charge in [-0.2, -0.15) is 13.2 Å². The first kappa shape index (κ1) is 20.6. The number of alkyl halides is 3. The number of aliphatic carboxylic acids is 1. The number of hydrogen-bond acceptors (Lipinski definition) is 5. The van der Waals surface area contributed by atoms with E-state index in [4.69, 9.17) is 9.94 Å². The van der Waals surface area contributed by atoms with Crippen molar-refractivity contribution in [2.75, 3.05) is 6.61 Å². The third kappa shape index (κ3) is 4.48. The Hall–Kier alpha value is -2.10. The molecular weight excluding hydrogens is 379 g/mol. The molecule has 0 saturated heterocycles. The second-order valence-corrected chi connectivity index (χ2v) is 7.25. The highest BCUT2D eigenvalue weighted by molar-refractivity contribution is 5.67. The van der Waals surface area contributed by atoms with Gasteiger partial charge in [-0.05, 0) is 60.8 Å². The van der Waals surface area contributed by atoms with Crippen LogP contribution >= 0.6 is 0 Å². The smallest absolute Gasteiger partial charge is 0.416 e. The Bertz CT molecular complexity index is 764. The van der Waals surface area contributed by atoms with Crippen LogP contribution in [0.15, 0.2) is 35.5 Å². The lowest BCUT2D eigenvalue weighted by molar-refractivity contribution is -0.144.